The van der Waals surface area contributed by atoms with E-state index in [-0.39, 0.29) is 36.5 Å². The Morgan fingerprint density at radius 3 is 0.946 bits per heavy atom. The predicted molar refractivity (Wildman–Crippen MR) is 246 cm³/mol. The van der Waals surface area contributed by atoms with Gasteiger partial charge in [0, 0.05) is 44.3 Å². The number of hydrogen-bond donors (Lipinski definition) is 6. The number of halogens is 12. The van der Waals surface area contributed by atoms with Crippen molar-refractivity contribution < 1.29 is 81.3 Å². The van der Waals surface area contributed by atoms with E-state index in [2.05, 4.69) is 19.9 Å². The van der Waals surface area contributed by atoms with Gasteiger partial charge in [0.15, 0.2) is 69.8 Å². The Bertz CT molecular complexity index is 3540. The van der Waals surface area contributed by atoms with Crippen molar-refractivity contribution in [2.24, 2.45) is 0 Å². The predicted octanol–water partition coefficient (Wildman–Crippen LogP) is 11.3. The van der Waals surface area contributed by atoms with Crippen LogP contribution in [0.1, 0.15) is 32.2 Å². The molecule has 13 nitrogen and oxygen atoms in total. The number of carbonyl (C=O) groups is 3. The van der Waals surface area contributed by atoms with Crippen molar-refractivity contribution >= 4 is 80.2 Å². The minimum absolute atomic E-state index is 0.0813. The number of carbonyl (C=O) groups excluding carboxylic acids is 3. The molecule has 74 heavy (non-hydrogen) atoms. The molecule has 0 saturated carbocycles. The van der Waals surface area contributed by atoms with E-state index < -0.39 is 186 Å². The van der Waals surface area contributed by atoms with E-state index in [1.165, 1.54) is 32.9 Å². The second-order valence-corrected chi connectivity index (χ2v) is 15.7. The van der Waals surface area contributed by atoms with E-state index >= 15 is 52.7 Å². The molecule has 4 aromatic heterocycles. The van der Waals surface area contributed by atoms with Gasteiger partial charge in [-0.05, 0) is 69.3 Å². The molecular formula is C49H35F12N7O6. The molecule has 0 aliphatic carbocycles. The lowest BCUT2D eigenvalue weighted by Gasteiger charge is -2.15. The number of H-pyrrole nitrogens is 3. The van der Waals surface area contributed by atoms with E-state index in [9.17, 15) is 14.4 Å². The highest BCUT2D eigenvalue weighted by Crippen LogP contribution is 2.44. The summed E-state index contributed by atoms with van der Waals surface area (Å²) in [6.45, 7) is 0.886. The van der Waals surface area contributed by atoms with Crippen LogP contribution in [0, 0.1) is 69.8 Å². The van der Waals surface area contributed by atoms with Gasteiger partial charge in [-0.2, -0.15) is 0 Å². The van der Waals surface area contributed by atoms with Crippen molar-refractivity contribution in [1.82, 2.24) is 19.9 Å². The van der Waals surface area contributed by atoms with Gasteiger partial charge in [-0.25, -0.2) is 57.7 Å². The van der Waals surface area contributed by atoms with Crippen molar-refractivity contribution in [3.05, 3.63) is 118 Å². The van der Waals surface area contributed by atoms with Crippen LogP contribution in [0.25, 0.3) is 78.6 Å². The molecule has 0 spiro atoms. The molecule has 0 fully saturated rings. The third-order valence-corrected chi connectivity index (χ3v) is 11.3. The first-order valence-corrected chi connectivity index (χ1v) is 21.9. The Morgan fingerprint density at radius 1 is 0.378 bits per heavy atom. The van der Waals surface area contributed by atoms with Gasteiger partial charge in [-0.3, -0.25) is 14.4 Å². The maximum atomic E-state index is 16.6. The first-order valence-electron chi connectivity index (χ1n) is 21.9. The Balaban J connectivity index is 1.50. The standard InChI is InChI=1S/C49H35F12N7O6/c1-4-72-26(69)15-62-47-41(56)35(50)32(36(51)42(47)57)29-20-9-7-18(65-20)19-8-10-21(66-19)30(33-37(52)43(58)48(44(59)38(33)53)63-16-27(70)73-5-2)23-12-14-25(68-23)31(24-13-11-22(29)67-24)34-39(54)45(60)49(46(61)40(34)55)64-17-28(71)74-6-3/h7-14,62-65,67-68H,4-6,15-17H2,1-3H3. The lowest BCUT2D eigenvalue weighted by atomic mass is 10.0. The van der Waals surface area contributed by atoms with Crippen LogP contribution in [0.4, 0.5) is 69.7 Å². The van der Waals surface area contributed by atoms with Crippen LogP contribution < -0.4 is 16.0 Å². The lowest BCUT2D eigenvalue weighted by molar-refractivity contribution is -0.141. The van der Waals surface area contributed by atoms with Crippen LogP contribution in [0.5, 0.6) is 0 Å². The molecule has 5 heterocycles. The number of benzene rings is 3. The number of aromatic nitrogens is 4. The largest absolute Gasteiger partial charge is 0.465 e. The van der Waals surface area contributed by atoms with Crippen LogP contribution in [0.2, 0.25) is 0 Å². The first-order chi connectivity index (χ1) is 35.3. The molecule has 6 N–H and O–H groups in total. The van der Waals surface area contributed by atoms with Gasteiger partial charge < -0.3 is 45.1 Å². The molecule has 0 amide bonds. The van der Waals surface area contributed by atoms with Crippen LogP contribution >= 0.6 is 0 Å². The van der Waals surface area contributed by atoms with Crippen molar-refractivity contribution in [2.75, 3.05) is 55.4 Å². The van der Waals surface area contributed by atoms with Crippen LogP contribution in [0.15, 0.2) is 36.4 Å². The van der Waals surface area contributed by atoms with Gasteiger partial charge in [-0.1, -0.05) is 0 Å². The van der Waals surface area contributed by atoms with E-state index in [1.807, 2.05) is 16.0 Å². The molecular weight excluding hydrogens is 1010 g/mol. The quantitative estimate of drug-likeness (QED) is 0.0251. The Labute approximate surface area is 407 Å². The zero-order valence-corrected chi connectivity index (χ0v) is 38.3. The number of hydrogen-bond acceptors (Lipinski definition) is 10. The molecule has 8 bridgehead atoms. The van der Waals surface area contributed by atoms with Gasteiger partial charge in [0.05, 0.1) is 53.4 Å². The minimum Gasteiger partial charge on any atom is -0.465 e. The SMILES string of the molecule is CCOC(=O)CNc1c(F)c(F)c(-c2c3nc(c4ccc([nH]4)c(-c4c(F)c(F)c(NCC(=O)OCC)c(F)c4F)c4ccc([nH]4)c(-c4c(F)c(F)c(NCC(=O)OCC)c(F)c4F)c4ccc2[nH]4)C=C3)c(F)c1F. The summed E-state index contributed by atoms with van der Waals surface area (Å²) in [5.41, 5.74) is -14.6. The van der Waals surface area contributed by atoms with Crippen molar-refractivity contribution in [2.45, 2.75) is 20.8 Å². The molecule has 7 aromatic rings. The van der Waals surface area contributed by atoms with Gasteiger partial charge in [-0.15, -0.1) is 0 Å². The first kappa shape index (κ1) is 51.7. The molecule has 386 valence electrons. The van der Waals surface area contributed by atoms with Crippen LogP contribution in [-0.4, -0.2) is 77.3 Å². The molecule has 0 radical (unpaired) electrons. The smallest absolute Gasteiger partial charge is 0.325 e. The highest BCUT2D eigenvalue weighted by atomic mass is 19.2. The average Bonchev–Trinajstić information content (AvgIpc) is 4.23. The highest BCUT2D eigenvalue weighted by molar-refractivity contribution is 6.01. The number of fused-ring (bicyclic) bond motifs is 9. The van der Waals surface area contributed by atoms with E-state index in [1.54, 1.807) is 0 Å². The fourth-order valence-corrected chi connectivity index (χ4v) is 8.08. The molecule has 8 rings (SSSR count). The molecule has 0 unspecified atom stereocenters. The minimum atomic E-state index is -2.15. The maximum absolute atomic E-state index is 16.6. The second kappa shape index (κ2) is 20.8. The summed E-state index contributed by atoms with van der Waals surface area (Å²) in [6, 6.07) is 6.17. The molecule has 1 aliphatic rings. The monoisotopic (exact) mass is 1050 g/mol. The van der Waals surface area contributed by atoms with Crippen molar-refractivity contribution in [3.8, 4) is 33.4 Å². The van der Waals surface area contributed by atoms with Crippen molar-refractivity contribution in [1.29, 1.82) is 0 Å². The van der Waals surface area contributed by atoms with E-state index in [0.29, 0.717) is 0 Å². The number of aromatic amines is 3. The number of nitrogens with zero attached hydrogens (tertiary/aromatic N) is 1. The van der Waals surface area contributed by atoms with Gasteiger partial charge in [0.1, 0.15) is 36.7 Å². The van der Waals surface area contributed by atoms with Gasteiger partial charge >= 0.3 is 17.9 Å². The summed E-state index contributed by atoms with van der Waals surface area (Å²) in [7, 11) is 0. The number of esters is 3. The fraction of sp³-hybridized carbons (Fsp3) is 0.184. The summed E-state index contributed by atoms with van der Waals surface area (Å²) < 4.78 is 209. The third-order valence-electron chi connectivity index (χ3n) is 11.3. The third kappa shape index (κ3) is 9.23. The summed E-state index contributed by atoms with van der Waals surface area (Å²) >= 11 is 0. The highest BCUT2D eigenvalue weighted by Gasteiger charge is 2.33. The number of anilines is 3. The number of rotatable bonds is 15. The normalized spacial score (nSPS) is 11.6. The molecule has 3 aromatic carbocycles. The Kier molecular flexibility index (Phi) is 14.6. The number of nitrogens with one attached hydrogen (secondary N) is 6. The van der Waals surface area contributed by atoms with E-state index in [0.717, 1.165) is 36.4 Å². The maximum Gasteiger partial charge on any atom is 0.325 e. The average molecular weight is 1050 g/mol. The second-order valence-electron chi connectivity index (χ2n) is 15.7. The summed E-state index contributed by atoms with van der Waals surface area (Å²) in [6.07, 6.45) is 2.28. The summed E-state index contributed by atoms with van der Waals surface area (Å²) in [4.78, 5) is 48.3. The van der Waals surface area contributed by atoms with Crippen LogP contribution in [-0.2, 0) is 28.6 Å². The fourth-order valence-electron chi connectivity index (χ4n) is 8.08. The topological polar surface area (TPSA) is 175 Å². The molecule has 1 aliphatic heterocycles. The zero-order chi connectivity index (χ0) is 53.4. The summed E-state index contributed by atoms with van der Waals surface area (Å²) in [5.74, 6) is -28.1. The molecule has 0 saturated heterocycles. The zero-order valence-electron chi connectivity index (χ0n) is 38.3. The van der Waals surface area contributed by atoms with Crippen LogP contribution in [0.3, 0.4) is 0 Å². The lowest BCUT2D eigenvalue weighted by Crippen LogP contribution is -2.19. The van der Waals surface area contributed by atoms with E-state index in [4.69, 9.17) is 14.2 Å². The number of ether oxygens (including phenoxy) is 3. The molecule has 0 atom stereocenters. The Hall–Kier alpha value is -8.64. The Morgan fingerprint density at radius 2 is 0.635 bits per heavy atom. The summed E-state index contributed by atoms with van der Waals surface area (Å²) in [5, 5.41) is 5.82. The van der Waals surface area contributed by atoms with Gasteiger partial charge in [0.2, 0.25) is 0 Å². The van der Waals surface area contributed by atoms with Crippen molar-refractivity contribution in [3.63, 3.8) is 0 Å². The van der Waals surface area contributed by atoms with Gasteiger partial charge in [0.25, 0.3) is 0 Å². The molecule has 25 heteroatoms.